The Labute approximate surface area is 103 Å². The number of benzene rings is 1. The molecular formula is C15H20O2. The van der Waals surface area contributed by atoms with Gasteiger partial charge in [-0.05, 0) is 5.56 Å². The van der Waals surface area contributed by atoms with E-state index in [1.165, 1.54) is 5.56 Å². The van der Waals surface area contributed by atoms with Crippen molar-refractivity contribution in [2.45, 2.75) is 32.7 Å². The second-order valence-corrected chi connectivity index (χ2v) is 4.72. The molecule has 1 heterocycles. The molecule has 1 aliphatic heterocycles. The molecule has 0 aliphatic carbocycles. The minimum Gasteiger partial charge on any atom is -0.352 e. The second kappa shape index (κ2) is 5.99. The van der Waals surface area contributed by atoms with Crippen LogP contribution in [0.3, 0.4) is 0 Å². The van der Waals surface area contributed by atoms with Crippen molar-refractivity contribution < 1.29 is 9.47 Å². The Balaban J connectivity index is 1.93. The van der Waals surface area contributed by atoms with Crippen LogP contribution in [-0.4, -0.2) is 19.0 Å². The van der Waals surface area contributed by atoms with Gasteiger partial charge in [0, 0.05) is 12.3 Å². The Kier molecular flexibility index (Phi) is 4.35. The first-order valence-corrected chi connectivity index (χ1v) is 6.26. The summed E-state index contributed by atoms with van der Waals surface area (Å²) >= 11 is 0. The van der Waals surface area contributed by atoms with Gasteiger partial charge in [0.1, 0.15) is 0 Å². The molecule has 0 bridgehead atoms. The van der Waals surface area contributed by atoms with Gasteiger partial charge in [-0.15, -0.1) is 0 Å². The van der Waals surface area contributed by atoms with Gasteiger partial charge in [-0.1, -0.05) is 56.3 Å². The van der Waals surface area contributed by atoms with Gasteiger partial charge < -0.3 is 9.47 Å². The number of hydrogen-bond acceptors (Lipinski definition) is 2. The van der Waals surface area contributed by atoms with Crippen molar-refractivity contribution in [2.24, 2.45) is 5.92 Å². The maximum absolute atomic E-state index is 5.86. The van der Waals surface area contributed by atoms with Crippen molar-refractivity contribution in [1.82, 2.24) is 0 Å². The molecule has 1 aliphatic rings. The van der Waals surface area contributed by atoms with Gasteiger partial charge in [0.2, 0.25) is 0 Å². The first-order valence-electron chi connectivity index (χ1n) is 6.26. The van der Waals surface area contributed by atoms with Crippen molar-refractivity contribution in [3.63, 3.8) is 0 Å². The summed E-state index contributed by atoms with van der Waals surface area (Å²) in [4.78, 5) is 0. The zero-order chi connectivity index (χ0) is 12.1. The fourth-order valence-electron chi connectivity index (χ4n) is 1.85. The number of ether oxygens (including phenoxy) is 2. The van der Waals surface area contributed by atoms with Crippen LogP contribution in [0.1, 0.15) is 25.8 Å². The minimum atomic E-state index is -0.0610. The van der Waals surface area contributed by atoms with Crippen LogP contribution in [0.15, 0.2) is 36.4 Å². The highest BCUT2D eigenvalue weighted by Gasteiger charge is 2.23. The number of rotatable bonds is 3. The maximum Gasteiger partial charge on any atom is 0.160 e. The van der Waals surface area contributed by atoms with Gasteiger partial charge in [0.05, 0.1) is 12.7 Å². The molecule has 0 spiro atoms. The summed E-state index contributed by atoms with van der Waals surface area (Å²) in [5.41, 5.74) is 1.21. The lowest BCUT2D eigenvalue weighted by atomic mass is 10.1. The zero-order valence-corrected chi connectivity index (χ0v) is 10.5. The standard InChI is InChI=1S/C15H20O2/c1-12(2)15-16-11-10-14(17-15)9-8-13-6-4-3-5-7-13/h3-9,12,14-15H,10-11H2,1-2H3/b9-8+/t14-,15+/m0/s1. The molecule has 2 rings (SSSR count). The van der Waals surface area contributed by atoms with E-state index in [2.05, 4.69) is 38.1 Å². The average molecular weight is 232 g/mol. The molecule has 0 saturated carbocycles. The summed E-state index contributed by atoms with van der Waals surface area (Å²) in [6.45, 7) is 5.02. The molecule has 0 N–H and O–H groups in total. The van der Waals surface area contributed by atoms with Gasteiger partial charge in [-0.3, -0.25) is 0 Å². The second-order valence-electron chi connectivity index (χ2n) is 4.72. The van der Waals surface area contributed by atoms with E-state index < -0.39 is 0 Å². The van der Waals surface area contributed by atoms with E-state index in [1.54, 1.807) is 0 Å². The normalized spacial score (nSPS) is 25.6. The third-order valence-electron chi connectivity index (χ3n) is 2.84. The Morgan fingerprint density at radius 3 is 2.71 bits per heavy atom. The van der Waals surface area contributed by atoms with Crippen LogP contribution in [0.5, 0.6) is 0 Å². The topological polar surface area (TPSA) is 18.5 Å². The van der Waals surface area contributed by atoms with E-state index >= 15 is 0 Å². The van der Waals surface area contributed by atoms with Crippen molar-refractivity contribution in [1.29, 1.82) is 0 Å². The molecule has 2 heteroatoms. The SMILES string of the molecule is CC(C)[C@@H]1OCC[C@H](/C=C/c2ccccc2)O1. The summed E-state index contributed by atoms with van der Waals surface area (Å²) in [7, 11) is 0. The van der Waals surface area contributed by atoms with E-state index in [0.29, 0.717) is 5.92 Å². The zero-order valence-electron chi connectivity index (χ0n) is 10.5. The Hall–Kier alpha value is -1.12. The smallest absolute Gasteiger partial charge is 0.160 e. The lowest BCUT2D eigenvalue weighted by Gasteiger charge is -2.31. The van der Waals surface area contributed by atoms with Crippen LogP contribution in [-0.2, 0) is 9.47 Å². The van der Waals surface area contributed by atoms with Crippen LogP contribution in [0.4, 0.5) is 0 Å². The van der Waals surface area contributed by atoms with Crippen molar-refractivity contribution in [3.8, 4) is 0 Å². The predicted octanol–water partition coefficient (Wildman–Crippen LogP) is 3.49. The maximum atomic E-state index is 5.86. The molecule has 0 unspecified atom stereocenters. The van der Waals surface area contributed by atoms with E-state index in [-0.39, 0.29) is 12.4 Å². The fourth-order valence-corrected chi connectivity index (χ4v) is 1.85. The Morgan fingerprint density at radius 2 is 2.00 bits per heavy atom. The molecule has 0 radical (unpaired) electrons. The highest BCUT2D eigenvalue weighted by atomic mass is 16.7. The lowest BCUT2D eigenvalue weighted by Crippen LogP contribution is -2.34. The van der Waals surface area contributed by atoms with Gasteiger partial charge in [0.25, 0.3) is 0 Å². The lowest BCUT2D eigenvalue weighted by molar-refractivity contribution is -0.218. The van der Waals surface area contributed by atoms with Crippen LogP contribution in [0.2, 0.25) is 0 Å². The summed E-state index contributed by atoms with van der Waals surface area (Å²) in [6, 6.07) is 10.3. The van der Waals surface area contributed by atoms with Crippen molar-refractivity contribution in [3.05, 3.63) is 42.0 Å². The van der Waals surface area contributed by atoms with Gasteiger partial charge in [0.15, 0.2) is 6.29 Å². The van der Waals surface area contributed by atoms with Crippen LogP contribution >= 0.6 is 0 Å². The summed E-state index contributed by atoms with van der Waals surface area (Å²) < 4.78 is 11.4. The van der Waals surface area contributed by atoms with E-state index in [9.17, 15) is 0 Å². The Bertz CT molecular complexity index is 356. The molecule has 92 valence electrons. The van der Waals surface area contributed by atoms with E-state index in [0.717, 1.165) is 13.0 Å². The summed E-state index contributed by atoms with van der Waals surface area (Å²) in [5.74, 6) is 0.405. The molecular weight excluding hydrogens is 212 g/mol. The Morgan fingerprint density at radius 1 is 1.24 bits per heavy atom. The van der Waals surface area contributed by atoms with Crippen LogP contribution in [0, 0.1) is 5.92 Å². The van der Waals surface area contributed by atoms with E-state index in [4.69, 9.17) is 9.47 Å². The average Bonchev–Trinajstić information content (AvgIpc) is 2.38. The first-order chi connectivity index (χ1) is 8.25. The molecule has 1 fully saturated rings. The molecule has 1 saturated heterocycles. The molecule has 0 amide bonds. The van der Waals surface area contributed by atoms with Gasteiger partial charge in [-0.25, -0.2) is 0 Å². The minimum absolute atomic E-state index is 0.0610. The summed E-state index contributed by atoms with van der Waals surface area (Å²) in [5, 5.41) is 0. The molecule has 17 heavy (non-hydrogen) atoms. The van der Waals surface area contributed by atoms with Gasteiger partial charge in [-0.2, -0.15) is 0 Å². The fraction of sp³-hybridized carbons (Fsp3) is 0.467. The first kappa shape index (κ1) is 12.3. The third kappa shape index (κ3) is 3.69. The van der Waals surface area contributed by atoms with Crippen LogP contribution in [0.25, 0.3) is 6.08 Å². The molecule has 2 nitrogen and oxygen atoms in total. The van der Waals surface area contributed by atoms with E-state index in [1.807, 2.05) is 18.2 Å². The highest BCUT2D eigenvalue weighted by molar-refractivity contribution is 5.49. The predicted molar refractivity (Wildman–Crippen MR) is 69.5 cm³/mol. The largest absolute Gasteiger partial charge is 0.352 e. The van der Waals surface area contributed by atoms with Crippen LogP contribution < -0.4 is 0 Å². The van der Waals surface area contributed by atoms with Crippen molar-refractivity contribution in [2.75, 3.05) is 6.61 Å². The number of hydrogen-bond donors (Lipinski definition) is 0. The molecule has 2 atom stereocenters. The quantitative estimate of drug-likeness (QED) is 0.794. The van der Waals surface area contributed by atoms with Gasteiger partial charge >= 0.3 is 0 Å². The molecule has 0 aromatic heterocycles. The van der Waals surface area contributed by atoms with Crippen molar-refractivity contribution >= 4 is 6.08 Å². The molecule has 1 aromatic carbocycles. The highest BCUT2D eigenvalue weighted by Crippen LogP contribution is 2.19. The molecule has 1 aromatic rings. The third-order valence-corrected chi connectivity index (χ3v) is 2.84. The monoisotopic (exact) mass is 232 g/mol. The summed E-state index contributed by atoms with van der Waals surface area (Å²) in [6.07, 6.45) is 5.30.